The zero-order valence-electron chi connectivity index (χ0n) is 16.7. The molecule has 0 aromatic carbocycles. The van der Waals surface area contributed by atoms with Gasteiger partial charge in [0.15, 0.2) is 11.2 Å². The van der Waals surface area contributed by atoms with Crippen LogP contribution in [0.5, 0.6) is 0 Å². The van der Waals surface area contributed by atoms with E-state index in [4.69, 9.17) is 9.47 Å². The van der Waals surface area contributed by atoms with E-state index in [1.54, 1.807) is 13.8 Å². The lowest BCUT2D eigenvalue weighted by atomic mass is 9.78. The van der Waals surface area contributed by atoms with Gasteiger partial charge in [-0.1, -0.05) is 32.6 Å². The quantitative estimate of drug-likeness (QED) is 0.415. The molecule has 0 aliphatic heterocycles. The summed E-state index contributed by atoms with van der Waals surface area (Å²) in [6.07, 6.45) is 3.13. The van der Waals surface area contributed by atoms with Crippen LogP contribution in [0.2, 0.25) is 19.6 Å². The lowest BCUT2D eigenvalue weighted by Crippen LogP contribution is -2.42. The van der Waals surface area contributed by atoms with Crippen LogP contribution in [0.3, 0.4) is 0 Å². The largest absolute Gasteiger partial charge is 0.465 e. The standard InChI is InChI=1S/C20H30O5Si/c1-7-24-18(22)20(19(23)25-8-2)11-9-10-14-13(3)16(21)17(15(14)12-20)26(4,5)6/h10,13H,7-9,11-12H2,1-6H3/t13-/m1/s1. The van der Waals surface area contributed by atoms with Crippen molar-refractivity contribution in [3.8, 4) is 0 Å². The van der Waals surface area contributed by atoms with Gasteiger partial charge < -0.3 is 9.47 Å². The summed E-state index contributed by atoms with van der Waals surface area (Å²) < 4.78 is 10.5. The van der Waals surface area contributed by atoms with Crippen LogP contribution >= 0.6 is 0 Å². The van der Waals surface area contributed by atoms with Gasteiger partial charge in [-0.15, -0.1) is 0 Å². The summed E-state index contributed by atoms with van der Waals surface area (Å²) in [5.41, 5.74) is 0.512. The van der Waals surface area contributed by atoms with Gasteiger partial charge in [0.05, 0.1) is 21.3 Å². The summed E-state index contributed by atoms with van der Waals surface area (Å²) in [5.74, 6) is -1.13. The number of carbonyl (C=O) groups excluding carboxylic acids is 3. The maximum Gasteiger partial charge on any atom is 0.323 e. The number of esters is 2. The normalized spacial score (nSPS) is 22.5. The molecule has 2 aliphatic rings. The second kappa shape index (κ2) is 7.51. The Balaban J connectivity index is 2.62. The van der Waals surface area contributed by atoms with Crippen molar-refractivity contribution in [2.24, 2.45) is 11.3 Å². The summed E-state index contributed by atoms with van der Waals surface area (Å²) in [5, 5.41) is 0.858. The number of ether oxygens (including phenoxy) is 2. The summed E-state index contributed by atoms with van der Waals surface area (Å²) in [7, 11) is -1.94. The molecule has 26 heavy (non-hydrogen) atoms. The van der Waals surface area contributed by atoms with E-state index in [9.17, 15) is 14.4 Å². The van der Waals surface area contributed by atoms with E-state index in [1.165, 1.54) is 0 Å². The predicted octanol–water partition coefficient (Wildman–Crippen LogP) is 3.60. The van der Waals surface area contributed by atoms with Crippen LogP contribution in [-0.4, -0.2) is 39.0 Å². The van der Waals surface area contributed by atoms with E-state index < -0.39 is 25.4 Å². The molecule has 0 unspecified atom stereocenters. The van der Waals surface area contributed by atoms with Crippen molar-refractivity contribution in [3.63, 3.8) is 0 Å². The fourth-order valence-corrected chi connectivity index (χ4v) is 6.15. The smallest absolute Gasteiger partial charge is 0.323 e. The van der Waals surface area contributed by atoms with E-state index >= 15 is 0 Å². The zero-order chi connectivity index (χ0) is 19.7. The second-order valence-corrected chi connectivity index (χ2v) is 13.1. The van der Waals surface area contributed by atoms with Crippen molar-refractivity contribution in [2.45, 2.75) is 59.7 Å². The molecule has 0 amide bonds. The van der Waals surface area contributed by atoms with Crippen molar-refractivity contribution in [2.75, 3.05) is 13.2 Å². The Hall–Kier alpha value is -1.69. The molecule has 2 aliphatic carbocycles. The lowest BCUT2D eigenvalue weighted by Gasteiger charge is -2.29. The Morgan fingerprint density at radius 1 is 1.15 bits per heavy atom. The summed E-state index contributed by atoms with van der Waals surface area (Å²) in [4.78, 5) is 38.6. The van der Waals surface area contributed by atoms with Gasteiger partial charge in [-0.2, -0.15) is 0 Å². The van der Waals surface area contributed by atoms with Crippen LogP contribution in [-0.2, 0) is 23.9 Å². The van der Waals surface area contributed by atoms with Crippen LogP contribution in [0.15, 0.2) is 22.4 Å². The molecule has 0 saturated carbocycles. The summed E-state index contributed by atoms with van der Waals surface area (Å²) in [6.45, 7) is 12.2. The Kier molecular flexibility index (Phi) is 5.95. The van der Waals surface area contributed by atoms with E-state index in [-0.39, 0.29) is 31.3 Å². The third kappa shape index (κ3) is 3.43. The molecule has 0 bridgehead atoms. The van der Waals surface area contributed by atoms with Crippen LogP contribution in [0.25, 0.3) is 0 Å². The monoisotopic (exact) mass is 378 g/mol. The highest BCUT2D eigenvalue weighted by molar-refractivity contribution is 6.87. The SMILES string of the molecule is CCOC(=O)C1(C(=O)OCC)CCC=C2C(=C([Si](C)(C)C)C(=O)[C@@H]2C)C1. The number of fused-ring (bicyclic) bond motifs is 1. The van der Waals surface area contributed by atoms with Crippen molar-refractivity contribution in [1.29, 1.82) is 0 Å². The number of Topliss-reactive ketones (excluding diaryl/α,β-unsaturated/α-hetero) is 1. The van der Waals surface area contributed by atoms with Gasteiger partial charge in [-0.25, -0.2) is 0 Å². The van der Waals surface area contributed by atoms with Gasteiger partial charge in [-0.05, 0) is 49.5 Å². The highest BCUT2D eigenvalue weighted by atomic mass is 28.3. The average Bonchev–Trinajstić information content (AvgIpc) is 2.70. The molecule has 5 nitrogen and oxygen atoms in total. The Morgan fingerprint density at radius 2 is 1.69 bits per heavy atom. The van der Waals surface area contributed by atoms with Gasteiger partial charge in [0.1, 0.15) is 0 Å². The maximum absolute atomic E-state index is 12.9. The number of allylic oxidation sites excluding steroid dienone is 4. The van der Waals surface area contributed by atoms with Crippen molar-refractivity contribution < 1.29 is 23.9 Å². The van der Waals surface area contributed by atoms with Crippen molar-refractivity contribution in [1.82, 2.24) is 0 Å². The zero-order valence-corrected chi connectivity index (χ0v) is 17.7. The molecule has 0 fully saturated rings. The molecule has 144 valence electrons. The molecule has 0 N–H and O–H groups in total. The molecule has 2 rings (SSSR count). The molecule has 0 radical (unpaired) electrons. The van der Waals surface area contributed by atoms with Gasteiger partial charge in [0.2, 0.25) is 0 Å². The molecule has 0 heterocycles. The number of hydrogen-bond acceptors (Lipinski definition) is 5. The van der Waals surface area contributed by atoms with E-state index in [0.717, 1.165) is 16.3 Å². The molecule has 1 atom stereocenters. The van der Waals surface area contributed by atoms with Crippen LogP contribution < -0.4 is 0 Å². The Bertz CT molecular complexity index is 663. The summed E-state index contributed by atoms with van der Waals surface area (Å²) >= 11 is 0. The molecule has 0 spiro atoms. The predicted molar refractivity (Wildman–Crippen MR) is 102 cm³/mol. The lowest BCUT2D eigenvalue weighted by molar-refractivity contribution is -0.172. The highest BCUT2D eigenvalue weighted by Crippen LogP contribution is 2.48. The first-order chi connectivity index (χ1) is 12.1. The minimum absolute atomic E-state index is 0.147. The number of hydrogen-bond donors (Lipinski definition) is 0. The summed E-state index contributed by atoms with van der Waals surface area (Å²) in [6, 6.07) is 0. The number of rotatable bonds is 5. The number of ketones is 1. The van der Waals surface area contributed by atoms with Gasteiger partial charge in [-0.3, -0.25) is 14.4 Å². The van der Waals surface area contributed by atoms with Gasteiger partial charge in [0.25, 0.3) is 0 Å². The third-order valence-corrected chi connectivity index (χ3v) is 7.30. The average molecular weight is 379 g/mol. The first kappa shape index (κ1) is 20.6. The van der Waals surface area contributed by atoms with E-state index in [1.807, 2.05) is 13.0 Å². The minimum Gasteiger partial charge on any atom is -0.465 e. The molecule has 6 heteroatoms. The van der Waals surface area contributed by atoms with Gasteiger partial charge in [0, 0.05) is 5.92 Å². The van der Waals surface area contributed by atoms with Crippen LogP contribution in [0, 0.1) is 11.3 Å². The fourth-order valence-electron chi connectivity index (χ4n) is 4.06. The minimum atomic E-state index is -1.94. The third-order valence-electron chi connectivity index (χ3n) is 5.25. The second-order valence-electron chi connectivity index (χ2n) is 8.09. The number of carbonyl (C=O) groups is 3. The Labute approximate surface area is 156 Å². The highest BCUT2D eigenvalue weighted by Gasteiger charge is 2.53. The molecule has 0 aromatic rings. The van der Waals surface area contributed by atoms with Gasteiger partial charge >= 0.3 is 11.9 Å². The van der Waals surface area contributed by atoms with Crippen LogP contribution in [0.1, 0.15) is 40.0 Å². The Morgan fingerprint density at radius 3 is 2.15 bits per heavy atom. The molecular weight excluding hydrogens is 348 g/mol. The first-order valence-corrected chi connectivity index (χ1v) is 12.9. The van der Waals surface area contributed by atoms with E-state index in [2.05, 4.69) is 19.6 Å². The molecule has 0 aromatic heterocycles. The van der Waals surface area contributed by atoms with Crippen LogP contribution in [0.4, 0.5) is 0 Å². The maximum atomic E-state index is 12.9. The van der Waals surface area contributed by atoms with Crippen molar-refractivity contribution in [3.05, 3.63) is 22.4 Å². The molecule has 0 saturated heterocycles. The first-order valence-electron chi connectivity index (χ1n) is 9.42. The fraction of sp³-hybridized carbons (Fsp3) is 0.650. The van der Waals surface area contributed by atoms with Crippen molar-refractivity contribution >= 4 is 25.8 Å². The topological polar surface area (TPSA) is 69.7 Å². The molecular formula is C20H30O5Si. The van der Waals surface area contributed by atoms with E-state index in [0.29, 0.717) is 12.8 Å².